The number of aryl methyl sites for hydroxylation is 1. The topological polar surface area (TPSA) is 29.1 Å². The molecule has 19 heavy (non-hydrogen) atoms. The molecule has 1 aliphatic rings. The molecule has 0 amide bonds. The first-order chi connectivity index (χ1) is 9.24. The molecule has 0 heterocycles. The normalized spacial score (nSPS) is 25.2. The molecule has 3 heteroatoms. The molecule has 0 aromatic heterocycles. The molecule has 1 aromatic rings. The van der Waals surface area contributed by atoms with Crippen molar-refractivity contribution in [2.45, 2.75) is 62.1 Å². The fourth-order valence-electron chi connectivity index (χ4n) is 2.86. The molecular formula is C16H25NOS. The second kappa shape index (κ2) is 7.20. The van der Waals surface area contributed by atoms with Crippen LogP contribution in [0.15, 0.2) is 29.2 Å². The average molecular weight is 279 g/mol. The highest BCUT2D eigenvalue weighted by Gasteiger charge is 2.30. The van der Waals surface area contributed by atoms with Gasteiger partial charge in [0.2, 0.25) is 0 Å². The lowest BCUT2D eigenvalue weighted by Crippen LogP contribution is -2.44. The summed E-state index contributed by atoms with van der Waals surface area (Å²) in [5.74, 6) is 0. The fourth-order valence-corrected chi connectivity index (χ4v) is 4.70. The summed E-state index contributed by atoms with van der Waals surface area (Å²) in [5, 5.41) is 3.88. The zero-order valence-electron chi connectivity index (χ0n) is 12.0. The van der Waals surface area contributed by atoms with Gasteiger partial charge in [0.1, 0.15) is 0 Å². The van der Waals surface area contributed by atoms with Gasteiger partial charge in [-0.3, -0.25) is 4.21 Å². The van der Waals surface area contributed by atoms with Crippen LogP contribution in [-0.4, -0.2) is 22.0 Å². The van der Waals surface area contributed by atoms with Crippen molar-refractivity contribution in [1.29, 1.82) is 0 Å². The van der Waals surface area contributed by atoms with E-state index in [0.717, 1.165) is 29.8 Å². The Bertz CT molecular complexity index is 433. The quantitative estimate of drug-likeness (QED) is 0.895. The lowest BCUT2D eigenvalue weighted by atomic mass is 9.95. The molecule has 1 saturated carbocycles. The first-order valence-corrected chi connectivity index (χ1v) is 8.65. The summed E-state index contributed by atoms with van der Waals surface area (Å²) in [4.78, 5) is 1.03. The van der Waals surface area contributed by atoms with Gasteiger partial charge in [-0.25, -0.2) is 0 Å². The standard InChI is InChI=1S/C16H25NOS/c1-3-12-17-14-9-5-7-11-16(14)19(18)15-10-6-4-8-13(15)2/h4,6,8,10,14,16-17H,3,5,7,9,11-12H2,1-2H3. The van der Waals surface area contributed by atoms with Crippen molar-refractivity contribution in [1.82, 2.24) is 5.32 Å². The highest BCUT2D eigenvalue weighted by atomic mass is 32.2. The molecule has 2 rings (SSSR count). The van der Waals surface area contributed by atoms with Crippen LogP contribution in [0.25, 0.3) is 0 Å². The largest absolute Gasteiger partial charge is 0.313 e. The van der Waals surface area contributed by atoms with Crippen LogP contribution >= 0.6 is 0 Å². The SMILES string of the molecule is CCCNC1CCCCC1S(=O)c1ccccc1C. The van der Waals surface area contributed by atoms with Crippen molar-refractivity contribution in [3.8, 4) is 0 Å². The first-order valence-electron chi connectivity index (χ1n) is 7.43. The minimum absolute atomic E-state index is 0.279. The molecule has 1 N–H and O–H groups in total. The second-order valence-corrected chi connectivity index (χ2v) is 7.09. The molecule has 1 aliphatic carbocycles. The summed E-state index contributed by atoms with van der Waals surface area (Å²) in [6, 6.07) is 8.53. The highest BCUT2D eigenvalue weighted by molar-refractivity contribution is 7.85. The highest BCUT2D eigenvalue weighted by Crippen LogP contribution is 2.27. The van der Waals surface area contributed by atoms with Crippen LogP contribution in [0.1, 0.15) is 44.6 Å². The van der Waals surface area contributed by atoms with Gasteiger partial charge in [-0.05, 0) is 44.4 Å². The molecule has 0 radical (unpaired) electrons. The summed E-state index contributed by atoms with van der Waals surface area (Å²) in [5.41, 5.74) is 1.15. The number of benzene rings is 1. The van der Waals surface area contributed by atoms with Crippen LogP contribution in [0.4, 0.5) is 0 Å². The van der Waals surface area contributed by atoms with Gasteiger partial charge in [0.15, 0.2) is 0 Å². The number of hydrogen-bond donors (Lipinski definition) is 1. The van der Waals surface area contributed by atoms with E-state index >= 15 is 0 Å². The van der Waals surface area contributed by atoms with E-state index in [1.807, 2.05) is 18.2 Å². The van der Waals surface area contributed by atoms with E-state index in [9.17, 15) is 4.21 Å². The van der Waals surface area contributed by atoms with Gasteiger partial charge in [0, 0.05) is 10.9 Å². The van der Waals surface area contributed by atoms with Crippen LogP contribution in [0.2, 0.25) is 0 Å². The molecule has 106 valence electrons. The van der Waals surface area contributed by atoms with Crippen LogP contribution < -0.4 is 5.32 Å². The zero-order chi connectivity index (χ0) is 13.7. The van der Waals surface area contributed by atoms with E-state index in [4.69, 9.17) is 0 Å². The van der Waals surface area contributed by atoms with Crippen LogP contribution in [0.3, 0.4) is 0 Å². The van der Waals surface area contributed by atoms with Gasteiger partial charge < -0.3 is 5.32 Å². The molecular weight excluding hydrogens is 254 g/mol. The Morgan fingerprint density at radius 2 is 2.00 bits per heavy atom. The second-order valence-electron chi connectivity index (χ2n) is 5.45. The minimum Gasteiger partial charge on any atom is -0.313 e. The van der Waals surface area contributed by atoms with E-state index in [1.165, 1.54) is 19.3 Å². The molecule has 2 nitrogen and oxygen atoms in total. The zero-order valence-corrected chi connectivity index (χ0v) is 12.8. The van der Waals surface area contributed by atoms with Crippen molar-refractivity contribution in [3.63, 3.8) is 0 Å². The predicted molar refractivity (Wildman–Crippen MR) is 81.9 cm³/mol. The number of hydrogen-bond acceptors (Lipinski definition) is 2. The Labute approximate surface area is 119 Å². The van der Waals surface area contributed by atoms with Gasteiger partial charge in [-0.2, -0.15) is 0 Å². The van der Waals surface area contributed by atoms with E-state index < -0.39 is 10.8 Å². The summed E-state index contributed by atoms with van der Waals surface area (Å²) in [7, 11) is -0.877. The van der Waals surface area contributed by atoms with Crippen molar-refractivity contribution in [3.05, 3.63) is 29.8 Å². The molecule has 3 unspecified atom stereocenters. The summed E-state index contributed by atoms with van der Waals surface area (Å²) >= 11 is 0. The van der Waals surface area contributed by atoms with E-state index in [1.54, 1.807) is 0 Å². The maximum absolute atomic E-state index is 12.9. The predicted octanol–water partition coefficient (Wildman–Crippen LogP) is 3.41. The van der Waals surface area contributed by atoms with E-state index in [-0.39, 0.29) is 5.25 Å². The smallest absolute Gasteiger partial charge is 0.0579 e. The molecule has 0 aliphatic heterocycles. The average Bonchev–Trinajstić information content (AvgIpc) is 2.45. The van der Waals surface area contributed by atoms with Gasteiger partial charge in [-0.1, -0.05) is 38.0 Å². The Kier molecular flexibility index (Phi) is 5.59. The number of rotatable bonds is 5. The molecule has 0 bridgehead atoms. The third-order valence-electron chi connectivity index (χ3n) is 3.94. The maximum Gasteiger partial charge on any atom is 0.0579 e. The van der Waals surface area contributed by atoms with E-state index in [0.29, 0.717) is 6.04 Å². The maximum atomic E-state index is 12.9. The molecule has 0 spiro atoms. The molecule has 3 atom stereocenters. The van der Waals surface area contributed by atoms with Gasteiger partial charge >= 0.3 is 0 Å². The van der Waals surface area contributed by atoms with E-state index in [2.05, 4.69) is 25.2 Å². The van der Waals surface area contributed by atoms with Crippen LogP contribution in [0.5, 0.6) is 0 Å². The Morgan fingerprint density at radius 3 is 2.74 bits per heavy atom. The van der Waals surface area contributed by atoms with Crippen molar-refractivity contribution in [2.75, 3.05) is 6.54 Å². The Balaban J connectivity index is 2.13. The van der Waals surface area contributed by atoms with Crippen molar-refractivity contribution in [2.24, 2.45) is 0 Å². The van der Waals surface area contributed by atoms with Gasteiger partial charge in [0.05, 0.1) is 16.0 Å². The summed E-state index contributed by atoms with van der Waals surface area (Å²) < 4.78 is 12.9. The van der Waals surface area contributed by atoms with Crippen molar-refractivity contribution < 1.29 is 4.21 Å². The lowest BCUT2D eigenvalue weighted by Gasteiger charge is -2.32. The monoisotopic (exact) mass is 279 g/mol. The number of nitrogens with one attached hydrogen (secondary N) is 1. The molecule has 1 aromatic carbocycles. The van der Waals surface area contributed by atoms with Crippen LogP contribution in [-0.2, 0) is 10.8 Å². The lowest BCUT2D eigenvalue weighted by molar-refractivity contribution is 0.379. The third-order valence-corrected chi connectivity index (χ3v) is 5.95. The van der Waals surface area contributed by atoms with Gasteiger partial charge in [0.25, 0.3) is 0 Å². The summed E-state index contributed by atoms with van der Waals surface area (Å²) in [6.45, 7) is 5.28. The van der Waals surface area contributed by atoms with Crippen LogP contribution in [0, 0.1) is 6.92 Å². The fraction of sp³-hybridized carbons (Fsp3) is 0.625. The minimum atomic E-state index is -0.877. The third kappa shape index (κ3) is 3.67. The summed E-state index contributed by atoms with van der Waals surface area (Å²) in [6.07, 6.45) is 5.88. The van der Waals surface area contributed by atoms with Crippen molar-refractivity contribution >= 4 is 10.8 Å². The Hall–Kier alpha value is -0.670. The Morgan fingerprint density at radius 1 is 1.26 bits per heavy atom. The van der Waals surface area contributed by atoms with Gasteiger partial charge in [-0.15, -0.1) is 0 Å². The molecule has 0 saturated heterocycles. The molecule has 1 fully saturated rings. The first kappa shape index (κ1) is 14.7.